The fourth-order valence-corrected chi connectivity index (χ4v) is 1.32. The molecule has 0 aliphatic rings. The minimum Gasteiger partial charge on any atom is -0.490 e. The lowest BCUT2D eigenvalue weighted by atomic mass is 10.4. The number of rotatable bonds is 8. The van der Waals surface area contributed by atoms with Crippen LogP contribution in [0.1, 0.15) is 20.3 Å². The van der Waals surface area contributed by atoms with Crippen molar-refractivity contribution in [1.82, 2.24) is 4.98 Å². The second kappa shape index (κ2) is 7.93. The molecule has 1 aromatic rings. The summed E-state index contributed by atoms with van der Waals surface area (Å²) in [6, 6.07) is 3.79. The number of pyridine rings is 1. The molecule has 0 atom stereocenters. The first kappa shape index (κ1) is 12.8. The van der Waals surface area contributed by atoms with Crippen molar-refractivity contribution < 1.29 is 9.47 Å². The van der Waals surface area contributed by atoms with E-state index in [-0.39, 0.29) is 0 Å². The second-order valence-electron chi connectivity index (χ2n) is 3.26. The Bertz CT molecular complexity index is 292. The predicted octanol–water partition coefficient (Wildman–Crippen LogP) is 2.32. The van der Waals surface area contributed by atoms with Crippen LogP contribution in [0.2, 0.25) is 0 Å². The van der Waals surface area contributed by atoms with Gasteiger partial charge in [0.15, 0.2) is 11.6 Å². The molecule has 0 radical (unpaired) electrons. The molecule has 0 spiro atoms. The summed E-state index contributed by atoms with van der Waals surface area (Å²) in [5, 5.41) is 3.24. The van der Waals surface area contributed by atoms with Gasteiger partial charge in [0.1, 0.15) is 0 Å². The third kappa shape index (κ3) is 4.49. The van der Waals surface area contributed by atoms with Crippen LogP contribution in [0.4, 0.5) is 5.82 Å². The number of nitrogens with one attached hydrogen (secondary N) is 1. The van der Waals surface area contributed by atoms with Gasteiger partial charge in [0, 0.05) is 26.0 Å². The van der Waals surface area contributed by atoms with E-state index in [1.165, 1.54) is 0 Å². The molecule has 16 heavy (non-hydrogen) atoms. The van der Waals surface area contributed by atoms with Crippen LogP contribution in [-0.2, 0) is 4.74 Å². The van der Waals surface area contributed by atoms with E-state index in [2.05, 4.69) is 10.3 Å². The molecular formula is C12H20N2O2. The van der Waals surface area contributed by atoms with Gasteiger partial charge in [-0.1, -0.05) is 0 Å². The standard InChI is InChI=1S/C12H20N2O2/c1-3-15-10-6-9-14-12-11(16-4-2)7-5-8-13-12/h5,7-8H,3-4,6,9-10H2,1-2H3,(H,13,14). The lowest BCUT2D eigenvalue weighted by Gasteiger charge is -2.10. The summed E-state index contributed by atoms with van der Waals surface area (Å²) >= 11 is 0. The van der Waals surface area contributed by atoms with Crippen molar-refractivity contribution in [3.8, 4) is 5.75 Å². The van der Waals surface area contributed by atoms with Gasteiger partial charge in [0.2, 0.25) is 0 Å². The Hall–Kier alpha value is -1.29. The lowest BCUT2D eigenvalue weighted by molar-refractivity contribution is 0.147. The van der Waals surface area contributed by atoms with E-state index < -0.39 is 0 Å². The molecule has 1 aromatic heterocycles. The Balaban J connectivity index is 2.34. The number of hydrogen-bond acceptors (Lipinski definition) is 4. The molecular weight excluding hydrogens is 204 g/mol. The summed E-state index contributed by atoms with van der Waals surface area (Å²) in [5.41, 5.74) is 0. The zero-order valence-electron chi connectivity index (χ0n) is 10.0. The first-order valence-electron chi connectivity index (χ1n) is 5.78. The van der Waals surface area contributed by atoms with Gasteiger partial charge in [-0.25, -0.2) is 4.98 Å². The topological polar surface area (TPSA) is 43.4 Å². The van der Waals surface area contributed by atoms with Crippen molar-refractivity contribution in [1.29, 1.82) is 0 Å². The molecule has 0 fully saturated rings. The van der Waals surface area contributed by atoms with Gasteiger partial charge in [0.05, 0.1) is 6.61 Å². The smallest absolute Gasteiger partial charge is 0.168 e. The van der Waals surface area contributed by atoms with Crippen molar-refractivity contribution >= 4 is 5.82 Å². The number of hydrogen-bond donors (Lipinski definition) is 1. The van der Waals surface area contributed by atoms with E-state index >= 15 is 0 Å². The predicted molar refractivity (Wildman–Crippen MR) is 65.0 cm³/mol. The van der Waals surface area contributed by atoms with Crippen LogP contribution in [0.3, 0.4) is 0 Å². The lowest BCUT2D eigenvalue weighted by Crippen LogP contribution is -2.08. The molecule has 4 nitrogen and oxygen atoms in total. The van der Waals surface area contributed by atoms with E-state index in [1.54, 1.807) is 6.20 Å². The number of nitrogens with zero attached hydrogens (tertiary/aromatic N) is 1. The monoisotopic (exact) mass is 224 g/mol. The van der Waals surface area contributed by atoms with Crippen LogP contribution < -0.4 is 10.1 Å². The van der Waals surface area contributed by atoms with E-state index in [0.29, 0.717) is 6.61 Å². The number of ether oxygens (including phenoxy) is 2. The molecule has 1 heterocycles. The van der Waals surface area contributed by atoms with Crippen molar-refractivity contribution in [2.24, 2.45) is 0 Å². The van der Waals surface area contributed by atoms with Gasteiger partial charge in [0.25, 0.3) is 0 Å². The molecule has 0 amide bonds. The van der Waals surface area contributed by atoms with Crippen LogP contribution in [0.5, 0.6) is 5.75 Å². The second-order valence-corrected chi connectivity index (χ2v) is 3.26. The van der Waals surface area contributed by atoms with Crippen LogP contribution in [0.25, 0.3) is 0 Å². The van der Waals surface area contributed by atoms with Gasteiger partial charge in [-0.15, -0.1) is 0 Å². The third-order valence-corrected chi connectivity index (χ3v) is 2.03. The molecule has 0 aliphatic carbocycles. The Labute approximate surface area is 97.0 Å². The highest BCUT2D eigenvalue weighted by Gasteiger charge is 2.02. The van der Waals surface area contributed by atoms with E-state index in [0.717, 1.165) is 37.7 Å². The molecule has 0 saturated carbocycles. The highest BCUT2D eigenvalue weighted by Crippen LogP contribution is 2.20. The molecule has 0 aromatic carbocycles. The van der Waals surface area contributed by atoms with Crippen LogP contribution in [-0.4, -0.2) is 31.3 Å². The molecule has 1 N–H and O–H groups in total. The quantitative estimate of drug-likeness (QED) is 0.688. The molecule has 0 bridgehead atoms. The first-order valence-corrected chi connectivity index (χ1v) is 5.78. The van der Waals surface area contributed by atoms with E-state index in [9.17, 15) is 0 Å². The van der Waals surface area contributed by atoms with E-state index in [4.69, 9.17) is 9.47 Å². The summed E-state index contributed by atoms with van der Waals surface area (Å²) in [7, 11) is 0. The maximum absolute atomic E-state index is 5.46. The minimum absolute atomic E-state index is 0.652. The zero-order valence-corrected chi connectivity index (χ0v) is 10.0. The van der Waals surface area contributed by atoms with Crippen molar-refractivity contribution in [3.05, 3.63) is 18.3 Å². The Morgan fingerprint density at radius 1 is 1.31 bits per heavy atom. The average molecular weight is 224 g/mol. The summed E-state index contributed by atoms with van der Waals surface area (Å²) < 4.78 is 10.7. The Kier molecular flexibility index (Phi) is 6.33. The number of aromatic nitrogens is 1. The van der Waals surface area contributed by atoms with Crippen LogP contribution in [0.15, 0.2) is 18.3 Å². The molecule has 1 rings (SSSR count). The van der Waals surface area contributed by atoms with Gasteiger partial charge in [-0.05, 0) is 32.4 Å². The first-order chi connectivity index (χ1) is 7.88. The molecule has 0 saturated heterocycles. The Morgan fingerprint density at radius 3 is 2.94 bits per heavy atom. The largest absolute Gasteiger partial charge is 0.490 e. The van der Waals surface area contributed by atoms with Crippen molar-refractivity contribution in [3.63, 3.8) is 0 Å². The average Bonchev–Trinajstić information content (AvgIpc) is 2.31. The van der Waals surface area contributed by atoms with Gasteiger partial charge >= 0.3 is 0 Å². The molecule has 0 aliphatic heterocycles. The Morgan fingerprint density at radius 2 is 2.19 bits per heavy atom. The van der Waals surface area contributed by atoms with Crippen molar-refractivity contribution in [2.45, 2.75) is 20.3 Å². The highest BCUT2D eigenvalue weighted by atomic mass is 16.5. The zero-order chi connectivity index (χ0) is 11.6. The number of anilines is 1. The minimum atomic E-state index is 0.652. The fourth-order valence-electron chi connectivity index (χ4n) is 1.32. The highest BCUT2D eigenvalue weighted by molar-refractivity contribution is 5.49. The summed E-state index contributed by atoms with van der Waals surface area (Å²) in [6.45, 7) is 7.01. The van der Waals surface area contributed by atoms with E-state index in [1.807, 2.05) is 26.0 Å². The summed E-state index contributed by atoms with van der Waals surface area (Å²) in [5.74, 6) is 1.61. The van der Waals surface area contributed by atoms with Gasteiger partial charge < -0.3 is 14.8 Å². The molecule has 0 unspecified atom stereocenters. The van der Waals surface area contributed by atoms with Crippen LogP contribution >= 0.6 is 0 Å². The summed E-state index contributed by atoms with van der Waals surface area (Å²) in [4.78, 5) is 4.24. The maximum atomic E-state index is 5.46. The molecule has 4 heteroatoms. The SMILES string of the molecule is CCOCCCNc1ncccc1OCC. The molecule has 90 valence electrons. The normalized spacial score (nSPS) is 10.1. The summed E-state index contributed by atoms with van der Waals surface area (Å²) in [6.07, 6.45) is 2.73. The van der Waals surface area contributed by atoms with Gasteiger partial charge in [-0.2, -0.15) is 0 Å². The fraction of sp³-hybridized carbons (Fsp3) is 0.583. The van der Waals surface area contributed by atoms with Crippen molar-refractivity contribution in [2.75, 3.05) is 31.7 Å². The van der Waals surface area contributed by atoms with Crippen LogP contribution in [0, 0.1) is 0 Å². The maximum Gasteiger partial charge on any atom is 0.168 e. The third-order valence-electron chi connectivity index (χ3n) is 2.03. The van der Waals surface area contributed by atoms with Gasteiger partial charge in [-0.3, -0.25) is 0 Å².